The SMILES string of the molecule is N#Cc1c(F)cccc1NC(=O)c1ccc(S)cc1. The van der Waals surface area contributed by atoms with Gasteiger partial charge in [0.15, 0.2) is 0 Å². The van der Waals surface area contributed by atoms with Gasteiger partial charge < -0.3 is 5.32 Å². The summed E-state index contributed by atoms with van der Waals surface area (Å²) in [5, 5.41) is 11.4. The molecule has 0 aliphatic rings. The highest BCUT2D eigenvalue weighted by atomic mass is 32.1. The highest BCUT2D eigenvalue weighted by Gasteiger charge is 2.11. The van der Waals surface area contributed by atoms with Gasteiger partial charge in [0, 0.05) is 10.5 Å². The molecule has 0 saturated heterocycles. The molecule has 0 atom stereocenters. The molecule has 19 heavy (non-hydrogen) atoms. The van der Waals surface area contributed by atoms with Crippen LogP contribution in [0, 0.1) is 17.1 Å². The third kappa shape index (κ3) is 2.92. The van der Waals surface area contributed by atoms with Gasteiger partial charge in [0.05, 0.1) is 5.69 Å². The number of nitrogens with zero attached hydrogens (tertiary/aromatic N) is 1. The number of benzene rings is 2. The number of hydrogen-bond acceptors (Lipinski definition) is 3. The summed E-state index contributed by atoms with van der Waals surface area (Å²) in [6.45, 7) is 0. The van der Waals surface area contributed by atoms with Crippen LogP contribution in [-0.2, 0) is 0 Å². The summed E-state index contributed by atoms with van der Waals surface area (Å²) in [6, 6.07) is 12.4. The molecule has 94 valence electrons. The fraction of sp³-hybridized carbons (Fsp3) is 0. The maximum atomic E-state index is 13.4. The molecule has 0 spiro atoms. The minimum absolute atomic E-state index is 0.155. The fourth-order valence-electron chi connectivity index (χ4n) is 1.55. The number of thiol groups is 1. The van der Waals surface area contributed by atoms with Gasteiger partial charge in [-0.2, -0.15) is 5.26 Å². The van der Waals surface area contributed by atoms with E-state index in [1.807, 2.05) is 0 Å². The summed E-state index contributed by atoms with van der Waals surface area (Å²) in [4.78, 5) is 12.7. The maximum absolute atomic E-state index is 13.4. The summed E-state index contributed by atoms with van der Waals surface area (Å²) in [5.41, 5.74) is 0.384. The lowest BCUT2D eigenvalue weighted by Crippen LogP contribution is -2.13. The molecule has 0 aliphatic heterocycles. The first-order valence-electron chi connectivity index (χ1n) is 5.41. The van der Waals surface area contributed by atoms with Gasteiger partial charge in [0.1, 0.15) is 17.4 Å². The minimum atomic E-state index is -0.661. The summed E-state index contributed by atoms with van der Waals surface area (Å²) in [6.07, 6.45) is 0. The second-order valence-corrected chi connectivity index (χ2v) is 4.29. The third-order valence-electron chi connectivity index (χ3n) is 2.50. The topological polar surface area (TPSA) is 52.9 Å². The van der Waals surface area contributed by atoms with Crippen LogP contribution in [0.3, 0.4) is 0 Å². The molecule has 0 saturated carbocycles. The molecule has 2 rings (SSSR count). The second-order valence-electron chi connectivity index (χ2n) is 3.78. The normalized spacial score (nSPS) is 9.74. The predicted molar refractivity (Wildman–Crippen MR) is 72.8 cm³/mol. The van der Waals surface area contributed by atoms with Gasteiger partial charge in [0.25, 0.3) is 5.91 Å². The summed E-state index contributed by atoms with van der Waals surface area (Å²) >= 11 is 4.12. The molecule has 0 radical (unpaired) electrons. The minimum Gasteiger partial charge on any atom is -0.321 e. The van der Waals surface area contributed by atoms with Crippen molar-refractivity contribution in [3.63, 3.8) is 0 Å². The molecule has 1 amide bonds. The van der Waals surface area contributed by atoms with E-state index in [-0.39, 0.29) is 11.3 Å². The highest BCUT2D eigenvalue weighted by molar-refractivity contribution is 7.80. The summed E-state index contributed by atoms with van der Waals surface area (Å²) in [5.74, 6) is -1.07. The molecule has 0 fully saturated rings. The Kier molecular flexibility index (Phi) is 3.83. The largest absolute Gasteiger partial charge is 0.321 e. The lowest BCUT2D eigenvalue weighted by atomic mass is 10.1. The smallest absolute Gasteiger partial charge is 0.255 e. The molecular weight excluding hydrogens is 263 g/mol. The Labute approximate surface area is 115 Å². The van der Waals surface area contributed by atoms with Crippen molar-refractivity contribution in [3.05, 3.63) is 59.4 Å². The van der Waals surface area contributed by atoms with Gasteiger partial charge in [-0.1, -0.05) is 6.07 Å². The van der Waals surface area contributed by atoms with E-state index in [4.69, 9.17) is 5.26 Å². The average Bonchev–Trinajstić information content (AvgIpc) is 2.39. The number of hydrogen-bond donors (Lipinski definition) is 2. The zero-order valence-corrected chi connectivity index (χ0v) is 10.6. The Balaban J connectivity index is 2.27. The van der Waals surface area contributed by atoms with E-state index in [0.29, 0.717) is 5.56 Å². The van der Waals surface area contributed by atoms with E-state index in [0.717, 1.165) is 4.90 Å². The van der Waals surface area contributed by atoms with Gasteiger partial charge in [-0.15, -0.1) is 12.6 Å². The molecule has 1 N–H and O–H groups in total. The number of rotatable bonds is 2. The summed E-state index contributed by atoms with van der Waals surface area (Å²) < 4.78 is 13.4. The van der Waals surface area contributed by atoms with Crippen molar-refractivity contribution in [2.24, 2.45) is 0 Å². The van der Waals surface area contributed by atoms with Crippen molar-refractivity contribution in [2.45, 2.75) is 4.90 Å². The van der Waals surface area contributed by atoms with Crippen LogP contribution in [0.2, 0.25) is 0 Å². The Morgan fingerprint density at radius 3 is 2.53 bits per heavy atom. The molecule has 0 aromatic heterocycles. The van der Waals surface area contributed by atoms with Crippen LogP contribution in [-0.4, -0.2) is 5.91 Å². The van der Waals surface area contributed by atoms with E-state index in [2.05, 4.69) is 17.9 Å². The average molecular weight is 272 g/mol. The molecule has 0 heterocycles. The van der Waals surface area contributed by atoms with Gasteiger partial charge >= 0.3 is 0 Å². The molecule has 2 aromatic carbocycles. The number of nitrogens with one attached hydrogen (secondary N) is 1. The predicted octanol–water partition coefficient (Wildman–Crippen LogP) is 3.24. The zero-order valence-electron chi connectivity index (χ0n) is 9.72. The summed E-state index contributed by atoms with van der Waals surface area (Å²) in [7, 11) is 0. The van der Waals surface area contributed by atoms with E-state index >= 15 is 0 Å². The standard InChI is InChI=1S/C14H9FN2OS/c15-12-2-1-3-13(11(12)8-16)17-14(18)9-4-6-10(19)7-5-9/h1-7,19H,(H,17,18). The number of carbonyl (C=O) groups is 1. The quantitative estimate of drug-likeness (QED) is 0.825. The van der Waals surface area contributed by atoms with Gasteiger partial charge in [-0.05, 0) is 36.4 Å². The number of anilines is 1. The van der Waals surface area contributed by atoms with Gasteiger partial charge in [0.2, 0.25) is 0 Å². The van der Waals surface area contributed by atoms with Crippen LogP contribution >= 0.6 is 12.6 Å². The lowest BCUT2D eigenvalue weighted by molar-refractivity contribution is 0.102. The number of nitriles is 1. The van der Waals surface area contributed by atoms with Crippen molar-refractivity contribution < 1.29 is 9.18 Å². The molecular formula is C14H9FN2OS. The van der Waals surface area contributed by atoms with E-state index < -0.39 is 11.7 Å². The molecule has 5 heteroatoms. The van der Waals surface area contributed by atoms with Crippen molar-refractivity contribution in [2.75, 3.05) is 5.32 Å². The van der Waals surface area contributed by atoms with Crippen LogP contribution in [0.4, 0.5) is 10.1 Å². The fourth-order valence-corrected chi connectivity index (χ4v) is 1.70. The van der Waals surface area contributed by atoms with Crippen molar-refractivity contribution >= 4 is 24.2 Å². The maximum Gasteiger partial charge on any atom is 0.255 e. The van der Waals surface area contributed by atoms with Crippen LogP contribution in [0.15, 0.2) is 47.4 Å². The molecule has 0 bridgehead atoms. The monoisotopic (exact) mass is 272 g/mol. The van der Waals surface area contributed by atoms with Gasteiger partial charge in [-0.25, -0.2) is 4.39 Å². The molecule has 0 unspecified atom stereocenters. The van der Waals surface area contributed by atoms with E-state index in [1.165, 1.54) is 18.2 Å². The second kappa shape index (κ2) is 5.55. The van der Waals surface area contributed by atoms with Crippen molar-refractivity contribution in [1.29, 1.82) is 5.26 Å². The number of amides is 1. The molecule has 0 aliphatic carbocycles. The zero-order chi connectivity index (χ0) is 13.8. The molecule has 3 nitrogen and oxygen atoms in total. The van der Waals surface area contributed by atoms with E-state index in [1.54, 1.807) is 30.3 Å². The Bertz CT molecular complexity index is 662. The van der Waals surface area contributed by atoms with Crippen LogP contribution in [0.1, 0.15) is 15.9 Å². The highest BCUT2D eigenvalue weighted by Crippen LogP contribution is 2.19. The first kappa shape index (κ1) is 13.1. The molecule has 2 aromatic rings. The van der Waals surface area contributed by atoms with Crippen LogP contribution < -0.4 is 5.32 Å². The Morgan fingerprint density at radius 2 is 1.89 bits per heavy atom. The van der Waals surface area contributed by atoms with Crippen LogP contribution in [0.5, 0.6) is 0 Å². The lowest BCUT2D eigenvalue weighted by Gasteiger charge is -2.07. The first-order valence-corrected chi connectivity index (χ1v) is 5.85. The van der Waals surface area contributed by atoms with Crippen molar-refractivity contribution in [3.8, 4) is 6.07 Å². The van der Waals surface area contributed by atoms with E-state index in [9.17, 15) is 9.18 Å². The first-order chi connectivity index (χ1) is 9.11. The Morgan fingerprint density at radius 1 is 1.21 bits per heavy atom. The van der Waals surface area contributed by atoms with Gasteiger partial charge in [-0.3, -0.25) is 4.79 Å². The third-order valence-corrected chi connectivity index (χ3v) is 2.80. The number of halogens is 1. The Hall–Kier alpha value is -2.32. The van der Waals surface area contributed by atoms with Crippen molar-refractivity contribution in [1.82, 2.24) is 0 Å². The number of carbonyl (C=O) groups excluding carboxylic acids is 1. The van der Waals surface area contributed by atoms with Crippen LogP contribution in [0.25, 0.3) is 0 Å².